The van der Waals surface area contributed by atoms with Crippen molar-refractivity contribution < 1.29 is 9.84 Å². The number of fused-ring (bicyclic) bond motifs is 1. The Kier molecular flexibility index (Phi) is 7.05. The minimum Gasteiger partial charge on any atom is -0.507 e. The summed E-state index contributed by atoms with van der Waals surface area (Å²) in [6.07, 6.45) is 9.80. The Morgan fingerprint density at radius 3 is 2.27 bits per heavy atom. The van der Waals surface area contributed by atoms with E-state index in [-0.39, 0.29) is 5.60 Å². The molecule has 1 heterocycles. The second kappa shape index (κ2) is 8.67. The third-order valence-corrected chi connectivity index (χ3v) is 6.47. The van der Waals surface area contributed by atoms with Crippen LogP contribution >= 0.6 is 0 Å². The van der Waals surface area contributed by atoms with E-state index in [2.05, 4.69) is 34.6 Å². The van der Waals surface area contributed by atoms with E-state index in [1.165, 1.54) is 37.7 Å². The summed E-state index contributed by atoms with van der Waals surface area (Å²) in [6.45, 7) is 15.4. The summed E-state index contributed by atoms with van der Waals surface area (Å²) < 4.78 is 6.55. The maximum absolute atomic E-state index is 10.3. The maximum Gasteiger partial charge on any atom is 0.127 e. The molecule has 0 fully saturated rings. The second-order valence-corrected chi connectivity index (χ2v) is 9.41. The lowest BCUT2D eigenvalue weighted by molar-refractivity contribution is 0.0512. The van der Waals surface area contributed by atoms with Crippen LogP contribution in [0.4, 0.5) is 0 Å². The van der Waals surface area contributed by atoms with Crippen molar-refractivity contribution in [3.8, 4) is 11.5 Å². The predicted molar refractivity (Wildman–Crippen MR) is 111 cm³/mol. The van der Waals surface area contributed by atoms with Gasteiger partial charge in [0.1, 0.15) is 17.1 Å². The highest BCUT2D eigenvalue weighted by Crippen LogP contribution is 2.44. The van der Waals surface area contributed by atoms with E-state index in [9.17, 15) is 5.11 Å². The predicted octanol–water partition coefficient (Wildman–Crippen LogP) is 7.03. The molecule has 0 saturated carbocycles. The Morgan fingerprint density at radius 1 is 0.962 bits per heavy atom. The molecule has 0 aliphatic carbocycles. The first-order valence-corrected chi connectivity index (χ1v) is 10.6. The van der Waals surface area contributed by atoms with Crippen LogP contribution in [0, 0.1) is 32.6 Å². The quantitative estimate of drug-likeness (QED) is 0.539. The van der Waals surface area contributed by atoms with Gasteiger partial charge in [0.15, 0.2) is 0 Å². The molecule has 26 heavy (non-hydrogen) atoms. The van der Waals surface area contributed by atoms with E-state index in [1.807, 2.05) is 13.8 Å². The normalized spacial score (nSPS) is 20.8. The lowest BCUT2D eigenvalue weighted by atomic mass is 9.84. The molecule has 0 bridgehead atoms. The van der Waals surface area contributed by atoms with Crippen LogP contribution in [0.1, 0.15) is 94.9 Å². The average Bonchev–Trinajstić information content (AvgIpc) is 2.57. The van der Waals surface area contributed by atoms with Crippen molar-refractivity contribution in [1.82, 2.24) is 0 Å². The summed E-state index contributed by atoms with van der Waals surface area (Å²) >= 11 is 0. The Labute approximate surface area is 161 Å². The molecule has 0 spiro atoms. The van der Waals surface area contributed by atoms with Crippen molar-refractivity contribution in [1.29, 1.82) is 0 Å². The maximum atomic E-state index is 10.3. The van der Waals surface area contributed by atoms with Crippen LogP contribution in [-0.4, -0.2) is 10.7 Å². The number of benzene rings is 1. The summed E-state index contributed by atoms with van der Waals surface area (Å²) in [7, 11) is 0. The van der Waals surface area contributed by atoms with Gasteiger partial charge in [0.25, 0.3) is 0 Å². The summed E-state index contributed by atoms with van der Waals surface area (Å²) in [4.78, 5) is 0. The van der Waals surface area contributed by atoms with Gasteiger partial charge in [-0.05, 0) is 81.9 Å². The fourth-order valence-electron chi connectivity index (χ4n) is 4.31. The molecule has 2 rings (SSSR count). The van der Waals surface area contributed by atoms with Crippen LogP contribution in [0.2, 0.25) is 0 Å². The lowest BCUT2D eigenvalue weighted by Crippen LogP contribution is -2.37. The van der Waals surface area contributed by atoms with Crippen LogP contribution in [-0.2, 0) is 6.42 Å². The molecule has 0 aromatic heterocycles. The van der Waals surface area contributed by atoms with E-state index < -0.39 is 0 Å². The highest BCUT2D eigenvalue weighted by atomic mass is 16.5. The van der Waals surface area contributed by atoms with E-state index >= 15 is 0 Å². The molecule has 1 unspecified atom stereocenters. The van der Waals surface area contributed by atoms with E-state index in [0.717, 1.165) is 53.5 Å². The third-order valence-electron chi connectivity index (χ3n) is 6.47. The summed E-state index contributed by atoms with van der Waals surface area (Å²) in [6, 6.07) is 0. The first-order chi connectivity index (χ1) is 12.1. The van der Waals surface area contributed by atoms with E-state index in [4.69, 9.17) is 4.74 Å². The fourth-order valence-corrected chi connectivity index (χ4v) is 4.31. The molecule has 2 nitrogen and oxygen atoms in total. The number of phenols is 1. The van der Waals surface area contributed by atoms with Gasteiger partial charge in [-0.2, -0.15) is 0 Å². The smallest absolute Gasteiger partial charge is 0.127 e. The van der Waals surface area contributed by atoms with Crippen molar-refractivity contribution in [2.75, 3.05) is 0 Å². The largest absolute Gasteiger partial charge is 0.507 e. The minimum atomic E-state index is -0.0642. The highest BCUT2D eigenvalue weighted by molar-refractivity contribution is 5.58. The van der Waals surface area contributed by atoms with Gasteiger partial charge in [-0.25, -0.2) is 0 Å². The first kappa shape index (κ1) is 21.1. The Balaban J connectivity index is 1.93. The number of hydrogen-bond donors (Lipinski definition) is 1. The number of phenolic OH excluding ortho intramolecular Hbond substituents is 1. The zero-order valence-corrected chi connectivity index (χ0v) is 18.2. The molecule has 1 N–H and O–H groups in total. The summed E-state index contributed by atoms with van der Waals surface area (Å²) in [5.74, 6) is 3.13. The van der Waals surface area contributed by atoms with Crippen molar-refractivity contribution >= 4 is 0 Å². The molecule has 1 aliphatic rings. The molecule has 1 aromatic rings. The van der Waals surface area contributed by atoms with Crippen molar-refractivity contribution in [3.63, 3.8) is 0 Å². The number of hydrogen-bond acceptors (Lipinski definition) is 2. The molecule has 0 amide bonds. The van der Waals surface area contributed by atoms with Crippen LogP contribution in [0.25, 0.3) is 0 Å². The van der Waals surface area contributed by atoms with Crippen molar-refractivity contribution in [3.05, 3.63) is 22.3 Å². The molecule has 2 heteroatoms. The van der Waals surface area contributed by atoms with E-state index in [0.29, 0.717) is 5.75 Å². The number of aromatic hydroxyl groups is 1. The Bertz CT molecular complexity index is 617. The van der Waals surface area contributed by atoms with Crippen molar-refractivity contribution in [2.45, 2.75) is 105 Å². The van der Waals surface area contributed by atoms with Crippen LogP contribution in [0.5, 0.6) is 11.5 Å². The van der Waals surface area contributed by atoms with Gasteiger partial charge in [0.05, 0.1) is 0 Å². The molecular formula is C24H40O2. The Morgan fingerprint density at radius 2 is 1.62 bits per heavy atom. The molecule has 0 saturated heterocycles. The topological polar surface area (TPSA) is 29.5 Å². The Hall–Kier alpha value is -1.18. The minimum absolute atomic E-state index is 0.0642. The average molecular weight is 361 g/mol. The standard InChI is InChI=1S/C24H40O2/c1-16(2)10-8-11-17(3)12-9-14-24(7)15-13-21-20(6)22(25)18(4)19(5)23(21)26-24/h16-17,25H,8-15H2,1-7H3/t17?,24-/m1/s1. The molecule has 148 valence electrons. The summed E-state index contributed by atoms with van der Waals surface area (Å²) in [5.41, 5.74) is 4.22. The molecule has 1 aromatic carbocycles. The fraction of sp³-hybridized carbons (Fsp3) is 0.750. The van der Waals surface area contributed by atoms with Gasteiger partial charge in [-0.3, -0.25) is 0 Å². The molecule has 2 atom stereocenters. The van der Waals surface area contributed by atoms with Crippen LogP contribution in [0.15, 0.2) is 0 Å². The highest BCUT2D eigenvalue weighted by Gasteiger charge is 2.34. The third kappa shape index (κ3) is 4.96. The first-order valence-electron chi connectivity index (χ1n) is 10.6. The van der Waals surface area contributed by atoms with Gasteiger partial charge in [-0.15, -0.1) is 0 Å². The molecule has 1 aliphatic heterocycles. The lowest BCUT2D eigenvalue weighted by Gasteiger charge is -2.38. The van der Waals surface area contributed by atoms with Crippen LogP contribution in [0.3, 0.4) is 0 Å². The van der Waals surface area contributed by atoms with Gasteiger partial charge in [-0.1, -0.05) is 46.5 Å². The van der Waals surface area contributed by atoms with Gasteiger partial charge in [0.2, 0.25) is 0 Å². The number of ether oxygens (including phenoxy) is 1. The summed E-state index contributed by atoms with van der Waals surface area (Å²) in [5, 5.41) is 10.3. The second-order valence-electron chi connectivity index (χ2n) is 9.41. The van der Waals surface area contributed by atoms with Gasteiger partial charge < -0.3 is 9.84 Å². The molecule has 0 radical (unpaired) electrons. The zero-order chi connectivity index (χ0) is 19.5. The van der Waals surface area contributed by atoms with Crippen molar-refractivity contribution in [2.24, 2.45) is 11.8 Å². The SMILES string of the molecule is Cc1c(C)c2c(c(C)c1O)CC[C@@](C)(CCCC(C)CCCC(C)C)O2. The van der Waals surface area contributed by atoms with Gasteiger partial charge in [0, 0.05) is 5.56 Å². The van der Waals surface area contributed by atoms with Crippen LogP contribution < -0.4 is 4.74 Å². The molecular weight excluding hydrogens is 320 g/mol. The number of rotatable bonds is 8. The zero-order valence-electron chi connectivity index (χ0n) is 18.2. The monoisotopic (exact) mass is 360 g/mol. The van der Waals surface area contributed by atoms with E-state index in [1.54, 1.807) is 0 Å². The van der Waals surface area contributed by atoms with Gasteiger partial charge >= 0.3 is 0 Å².